The highest BCUT2D eigenvalue weighted by Crippen LogP contribution is 2.33. The van der Waals surface area contributed by atoms with Crippen molar-refractivity contribution in [2.75, 3.05) is 11.1 Å². The average molecular weight is 466 g/mol. The summed E-state index contributed by atoms with van der Waals surface area (Å²) in [6.45, 7) is 4.09. The Morgan fingerprint density at radius 1 is 1.19 bits per heavy atom. The van der Waals surface area contributed by atoms with Crippen LogP contribution in [0.4, 0.5) is 5.69 Å². The number of aromatic nitrogens is 4. The molecule has 0 radical (unpaired) electrons. The van der Waals surface area contributed by atoms with Crippen molar-refractivity contribution in [2.45, 2.75) is 31.5 Å². The van der Waals surface area contributed by atoms with Gasteiger partial charge in [-0.15, -0.1) is 0 Å². The number of thioether (sulfide) groups is 1. The molecule has 7 nitrogen and oxygen atoms in total. The molecule has 0 fully saturated rings. The summed E-state index contributed by atoms with van der Waals surface area (Å²) in [5.74, 6) is 0.448. The van der Waals surface area contributed by atoms with Crippen molar-refractivity contribution in [3.05, 3.63) is 75.2 Å². The third kappa shape index (κ3) is 3.69. The smallest absolute Gasteiger partial charge is 0.265 e. The second-order valence-electron chi connectivity index (χ2n) is 7.86. The third-order valence-electron chi connectivity index (χ3n) is 5.65. The normalized spacial score (nSPS) is 15.2. The summed E-state index contributed by atoms with van der Waals surface area (Å²) in [6.07, 6.45) is 1.74. The van der Waals surface area contributed by atoms with Crippen LogP contribution in [0.1, 0.15) is 23.6 Å². The van der Waals surface area contributed by atoms with E-state index in [1.54, 1.807) is 39.7 Å². The zero-order valence-corrected chi connectivity index (χ0v) is 19.1. The number of halogens is 1. The number of nitrogens with zero attached hydrogens (tertiary/aromatic N) is 4. The molecule has 0 bridgehead atoms. The van der Waals surface area contributed by atoms with Crippen LogP contribution in [0.2, 0.25) is 5.02 Å². The maximum atomic E-state index is 13.3. The highest BCUT2D eigenvalue weighted by Gasteiger charge is 2.29. The molecule has 4 aromatic rings. The number of fused-ring (bicyclic) bond motifs is 2. The van der Waals surface area contributed by atoms with Crippen molar-refractivity contribution in [2.24, 2.45) is 0 Å². The minimum Gasteiger partial charge on any atom is -0.326 e. The summed E-state index contributed by atoms with van der Waals surface area (Å²) in [4.78, 5) is 30.6. The Hall–Kier alpha value is -3.10. The van der Waals surface area contributed by atoms with E-state index >= 15 is 0 Å². The van der Waals surface area contributed by atoms with Gasteiger partial charge in [-0.3, -0.25) is 14.2 Å². The summed E-state index contributed by atoms with van der Waals surface area (Å²) in [5.41, 5.74) is 4.22. The number of amides is 1. The lowest BCUT2D eigenvalue weighted by atomic mass is 10.1. The van der Waals surface area contributed by atoms with Crippen LogP contribution in [0.3, 0.4) is 0 Å². The summed E-state index contributed by atoms with van der Waals surface area (Å²) in [5, 5.41) is 8.94. The first-order valence-corrected chi connectivity index (χ1v) is 11.5. The first-order valence-electron chi connectivity index (χ1n) is 10.2. The summed E-state index contributed by atoms with van der Waals surface area (Å²) in [6, 6.07) is 12.7. The van der Waals surface area contributed by atoms with Gasteiger partial charge in [0.2, 0.25) is 5.91 Å². The Kier molecular flexibility index (Phi) is 5.27. The maximum absolute atomic E-state index is 13.3. The SMILES string of the molecule is Cc1ccc(-n2ncc3c(=O)n4c(nc32)SCC4CC(=O)Nc2ccc(Cl)cc2)cc1C. The molecule has 162 valence electrons. The molecule has 1 aliphatic heterocycles. The number of hydrogen-bond donors (Lipinski definition) is 1. The van der Waals surface area contributed by atoms with E-state index < -0.39 is 0 Å². The second kappa shape index (κ2) is 8.11. The van der Waals surface area contributed by atoms with Crippen molar-refractivity contribution in [1.29, 1.82) is 0 Å². The molecule has 0 spiro atoms. The van der Waals surface area contributed by atoms with Gasteiger partial charge < -0.3 is 5.32 Å². The Labute approximate surface area is 193 Å². The maximum Gasteiger partial charge on any atom is 0.265 e. The fraction of sp³-hybridized carbons (Fsp3) is 0.217. The summed E-state index contributed by atoms with van der Waals surface area (Å²) in [7, 11) is 0. The number of benzene rings is 2. The van der Waals surface area contributed by atoms with Crippen LogP contribution < -0.4 is 10.9 Å². The third-order valence-corrected chi connectivity index (χ3v) is 7.00. The molecule has 9 heteroatoms. The van der Waals surface area contributed by atoms with Gasteiger partial charge in [0.05, 0.1) is 17.9 Å². The van der Waals surface area contributed by atoms with Crippen molar-refractivity contribution < 1.29 is 4.79 Å². The number of hydrogen-bond acceptors (Lipinski definition) is 5. The Bertz CT molecular complexity index is 1410. The summed E-state index contributed by atoms with van der Waals surface area (Å²) >= 11 is 7.38. The van der Waals surface area contributed by atoms with E-state index in [2.05, 4.69) is 17.3 Å². The molecule has 3 heterocycles. The first-order chi connectivity index (χ1) is 15.4. The minimum atomic E-state index is -0.267. The fourth-order valence-electron chi connectivity index (χ4n) is 3.79. The lowest BCUT2D eigenvalue weighted by Crippen LogP contribution is -2.27. The van der Waals surface area contributed by atoms with Crippen molar-refractivity contribution >= 4 is 46.0 Å². The van der Waals surface area contributed by atoms with Gasteiger partial charge >= 0.3 is 0 Å². The molecule has 2 aromatic carbocycles. The second-order valence-corrected chi connectivity index (χ2v) is 9.28. The van der Waals surface area contributed by atoms with Crippen molar-refractivity contribution in [3.63, 3.8) is 0 Å². The standard InChI is InChI=1S/C23H20ClN5O2S/c1-13-3-8-17(9-14(13)2)29-21-19(11-25-29)22(31)28-18(12-32-23(28)27-21)10-20(30)26-16-6-4-15(24)5-7-16/h3-9,11,18H,10,12H2,1-2H3,(H,26,30). The van der Waals surface area contributed by atoms with E-state index in [1.807, 2.05) is 25.1 Å². The van der Waals surface area contributed by atoms with Crippen LogP contribution in [0.25, 0.3) is 16.7 Å². The van der Waals surface area contributed by atoms with Crippen LogP contribution in [0.5, 0.6) is 0 Å². The van der Waals surface area contributed by atoms with Crippen LogP contribution in [0, 0.1) is 13.8 Å². The van der Waals surface area contributed by atoms with E-state index in [0.717, 1.165) is 11.3 Å². The Morgan fingerprint density at radius 2 is 1.97 bits per heavy atom. The average Bonchev–Trinajstić information content (AvgIpc) is 3.37. The zero-order chi connectivity index (χ0) is 22.4. The fourth-order valence-corrected chi connectivity index (χ4v) is 5.04. The van der Waals surface area contributed by atoms with Crippen LogP contribution >= 0.6 is 23.4 Å². The van der Waals surface area contributed by atoms with Gasteiger partial charge in [0.1, 0.15) is 5.39 Å². The molecule has 1 amide bonds. The van der Waals surface area contributed by atoms with Crippen molar-refractivity contribution in [1.82, 2.24) is 19.3 Å². The number of anilines is 1. The number of carbonyl (C=O) groups excluding carboxylic acids is 1. The van der Waals surface area contributed by atoms with Gasteiger partial charge in [0.15, 0.2) is 10.8 Å². The molecule has 0 saturated carbocycles. The number of carbonyl (C=O) groups is 1. The number of aryl methyl sites for hydroxylation is 2. The van der Waals surface area contributed by atoms with Crippen LogP contribution in [-0.4, -0.2) is 31.0 Å². The van der Waals surface area contributed by atoms with Crippen molar-refractivity contribution in [3.8, 4) is 5.69 Å². The highest BCUT2D eigenvalue weighted by atomic mass is 35.5. The van der Waals surface area contributed by atoms with Gasteiger partial charge in [0.25, 0.3) is 5.56 Å². The molecular formula is C23H20ClN5O2S. The Balaban J connectivity index is 1.45. The van der Waals surface area contributed by atoms with E-state index in [1.165, 1.54) is 17.3 Å². The van der Waals surface area contributed by atoms with Gasteiger partial charge in [-0.2, -0.15) is 5.10 Å². The zero-order valence-electron chi connectivity index (χ0n) is 17.5. The first kappa shape index (κ1) is 20.8. The molecule has 2 aromatic heterocycles. The van der Waals surface area contributed by atoms with E-state index in [-0.39, 0.29) is 23.9 Å². The predicted octanol–water partition coefficient (Wildman–Crippen LogP) is 4.53. The lowest BCUT2D eigenvalue weighted by molar-refractivity contribution is -0.116. The lowest BCUT2D eigenvalue weighted by Gasteiger charge is -2.13. The number of nitrogens with one attached hydrogen (secondary N) is 1. The van der Waals surface area contributed by atoms with E-state index in [0.29, 0.717) is 32.7 Å². The molecule has 1 atom stereocenters. The molecular weight excluding hydrogens is 446 g/mol. The van der Waals surface area contributed by atoms with Gasteiger partial charge in [-0.25, -0.2) is 9.67 Å². The molecule has 0 saturated heterocycles. The topological polar surface area (TPSA) is 81.8 Å². The highest BCUT2D eigenvalue weighted by molar-refractivity contribution is 7.99. The molecule has 1 aliphatic rings. The van der Waals surface area contributed by atoms with E-state index in [4.69, 9.17) is 16.6 Å². The molecule has 0 aliphatic carbocycles. The van der Waals surface area contributed by atoms with Gasteiger partial charge in [-0.1, -0.05) is 29.4 Å². The minimum absolute atomic E-state index is 0.163. The van der Waals surface area contributed by atoms with Crippen LogP contribution in [-0.2, 0) is 4.79 Å². The van der Waals surface area contributed by atoms with Gasteiger partial charge in [0, 0.05) is 22.9 Å². The monoisotopic (exact) mass is 465 g/mol. The number of rotatable bonds is 4. The predicted molar refractivity (Wildman–Crippen MR) is 127 cm³/mol. The van der Waals surface area contributed by atoms with E-state index in [9.17, 15) is 9.59 Å². The molecule has 5 rings (SSSR count). The molecule has 1 unspecified atom stereocenters. The quantitative estimate of drug-likeness (QED) is 0.448. The molecule has 32 heavy (non-hydrogen) atoms. The summed E-state index contributed by atoms with van der Waals surface area (Å²) < 4.78 is 3.33. The molecule has 1 N–H and O–H groups in total. The van der Waals surface area contributed by atoms with Crippen LogP contribution in [0.15, 0.2) is 58.6 Å². The largest absolute Gasteiger partial charge is 0.326 e. The Morgan fingerprint density at radius 3 is 2.72 bits per heavy atom. The van der Waals surface area contributed by atoms with Gasteiger partial charge in [-0.05, 0) is 61.4 Å².